The summed E-state index contributed by atoms with van der Waals surface area (Å²) in [5, 5.41) is 0. The molecule has 3 aromatic carbocycles. The van der Waals surface area contributed by atoms with Crippen molar-refractivity contribution in [2.45, 2.75) is 17.8 Å². The molecule has 1 fully saturated rings. The Balaban J connectivity index is 1.77. The maximum Gasteiger partial charge on any atom is 0.118 e. The maximum absolute atomic E-state index is 5.29. The van der Waals surface area contributed by atoms with Crippen molar-refractivity contribution in [3.63, 3.8) is 0 Å². The number of hydrogen-bond donors (Lipinski definition) is 0. The van der Waals surface area contributed by atoms with Gasteiger partial charge in [-0.15, -0.1) is 0 Å². The molecule has 0 spiro atoms. The Bertz CT molecular complexity index is 736. The number of rotatable bonds is 4. The van der Waals surface area contributed by atoms with Crippen LogP contribution in [0.4, 0.5) is 0 Å². The Morgan fingerprint density at radius 1 is 0.739 bits per heavy atom. The van der Waals surface area contributed by atoms with Crippen LogP contribution >= 0.6 is 0 Å². The second-order valence-electron chi connectivity index (χ2n) is 6.23. The molecule has 0 saturated heterocycles. The molecule has 23 heavy (non-hydrogen) atoms. The lowest BCUT2D eigenvalue weighted by Gasteiger charge is -2.19. The SMILES string of the molecule is COc1ccc(C2CC2(c2ccccc2)c2ccccc2)cc1. The molecule has 0 aliphatic heterocycles. The van der Waals surface area contributed by atoms with E-state index in [2.05, 4.69) is 84.9 Å². The number of benzene rings is 3. The summed E-state index contributed by atoms with van der Waals surface area (Å²) in [6.45, 7) is 0. The third kappa shape index (κ3) is 2.33. The summed E-state index contributed by atoms with van der Waals surface area (Å²) in [5.74, 6) is 1.44. The van der Waals surface area contributed by atoms with Gasteiger partial charge in [-0.25, -0.2) is 0 Å². The fourth-order valence-electron chi connectivity index (χ4n) is 3.78. The highest BCUT2D eigenvalue weighted by Gasteiger charge is 2.56. The van der Waals surface area contributed by atoms with Gasteiger partial charge < -0.3 is 4.74 Å². The molecule has 0 amide bonds. The van der Waals surface area contributed by atoms with Crippen molar-refractivity contribution in [2.75, 3.05) is 7.11 Å². The van der Waals surface area contributed by atoms with Crippen molar-refractivity contribution in [3.8, 4) is 5.75 Å². The largest absolute Gasteiger partial charge is 0.497 e. The van der Waals surface area contributed by atoms with E-state index >= 15 is 0 Å². The number of ether oxygens (including phenoxy) is 1. The van der Waals surface area contributed by atoms with Gasteiger partial charge in [-0.1, -0.05) is 72.8 Å². The molecule has 4 rings (SSSR count). The van der Waals surface area contributed by atoms with E-state index in [0.29, 0.717) is 5.92 Å². The first-order valence-corrected chi connectivity index (χ1v) is 8.09. The molecule has 0 bridgehead atoms. The van der Waals surface area contributed by atoms with Gasteiger partial charge in [0.1, 0.15) is 5.75 Å². The molecule has 1 aliphatic rings. The van der Waals surface area contributed by atoms with Gasteiger partial charge >= 0.3 is 0 Å². The molecule has 114 valence electrons. The fraction of sp³-hybridized carbons (Fsp3) is 0.182. The highest BCUT2D eigenvalue weighted by atomic mass is 16.5. The van der Waals surface area contributed by atoms with Crippen LogP contribution in [0.1, 0.15) is 29.0 Å². The molecule has 3 aromatic rings. The van der Waals surface area contributed by atoms with E-state index < -0.39 is 0 Å². The summed E-state index contributed by atoms with van der Waals surface area (Å²) in [6, 6.07) is 30.3. The molecule has 1 saturated carbocycles. The Kier molecular flexibility index (Phi) is 3.42. The molecule has 1 unspecified atom stereocenters. The predicted octanol–water partition coefficient (Wildman–Crippen LogP) is 5.17. The van der Waals surface area contributed by atoms with E-state index in [1.54, 1.807) is 7.11 Å². The molecular formula is C22H20O. The molecule has 0 aromatic heterocycles. The van der Waals surface area contributed by atoms with Gasteiger partial charge in [0.05, 0.1) is 7.11 Å². The molecule has 1 atom stereocenters. The van der Waals surface area contributed by atoms with Crippen LogP contribution < -0.4 is 4.74 Å². The van der Waals surface area contributed by atoms with Crippen LogP contribution in [0, 0.1) is 0 Å². The Morgan fingerprint density at radius 3 is 1.74 bits per heavy atom. The molecule has 0 heterocycles. The van der Waals surface area contributed by atoms with Crippen LogP contribution in [-0.2, 0) is 5.41 Å². The monoisotopic (exact) mass is 300 g/mol. The minimum absolute atomic E-state index is 0.108. The van der Waals surface area contributed by atoms with Crippen molar-refractivity contribution < 1.29 is 4.74 Å². The molecule has 1 nitrogen and oxygen atoms in total. The first kappa shape index (κ1) is 14.1. The van der Waals surface area contributed by atoms with Crippen LogP contribution in [0.15, 0.2) is 84.9 Å². The van der Waals surface area contributed by atoms with Gasteiger partial charge in [-0.2, -0.15) is 0 Å². The Hall–Kier alpha value is -2.54. The van der Waals surface area contributed by atoms with E-state index in [1.807, 2.05) is 0 Å². The lowest BCUT2D eigenvalue weighted by Crippen LogP contribution is -2.11. The summed E-state index contributed by atoms with van der Waals surface area (Å²) in [7, 11) is 1.71. The lowest BCUT2D eigenvalue weighted by atomic mass is 9.84. The van der Waals surface area contributed by atoms with Gasteiger partial charge in [0.15, 0.2) is 0 Å². The van der Waals surface area contributed by atoms with Crippen molar-refractivity contribution >= 4 is 0 Å². The lowest BCUT2D eigenvalue weighted by molar-refractivity contribution is 0.414. The normalized spacial score (nSPS) is 18.4. The zero-order valence-electron chi connectivity index (χ0n) is 13.3. The van der Waals surface area contributed by atoms with Crippen molar-refractivity contribution in [1.82, 2.24) is 0 Å². The smallest absolute Gasteiger partial charge is 0.118 e. The fourth-order valence-corrected chi connectivity index (χ4v) is 3.78. The predicted molar refractivity (Wildman–Crippen MR) is 94.0 cm³/mol. The van der Waals surface area contributed by atoms with Gasteiger partial charge in [0, 0.05) is 5.41 Å². The van der Waals surface area contributed by atoms with Crippen LogP contribution in [0.25, 0.3) is 0 Å². The highest BCUT2D eigenvalue weighted by Crippen LogP contribution is 2.64. The van der Waals surface area contributed by atoms with Gasteiger partial charge in [0.2, 0.25) is 0 Å². The topological polar surface area (TPSA) is 9.23 Å². The van der Waals surface area contributed by atoms with Crippen molar-refractivity contribution in [1.29, 1.82) is 0 Å². The van der Waals surface area contributed by atoms with Gasteiger partial charge in [-0.05, 0) is 41.2 Å². The molecule has 1 aliphatic carbocycles. The van der Waals surface area contributed by atoms with E-state index in [4.69, 9.17) is 4.74 Å². The quantitative estimate of drug-likeness (QED) is 0.646. The average Bonchev–Trinajstić information content (AvgIpc) is 3.40. The standard InChI is InChI=1S/C22H20O/c1-23-20-14-12-17(13-15-20)21-16-22(21,18-8-4-2-5-9-18)19-10-6-3-7-11-19/h2-15,21H,16H2,1H3. The number of methoxy groups -OCH3 is 1. The molecule has 1 heteroatoms. The number of hydrogen-bond acceptors (Lipinski definition) is 1. The van der Waals surface area contributed by atoms with Crippen LogP contribution in [0.5, 0.6) is 5.75 Å². The second-order valence-corrected chi connectivity index (χ2v) is 6.23. The molecule has 0 N–H and O–H groups in total. The summed E-state index contributed by atoms with van der Waals surface area (Å²) in [5.41, 5.74) is 4.31. The van der Waals surface area contributed by atoms with E-state index in [1.165, 1.54) is 16.7 Å². The van der Waals surface area contributed by atoms with Gasteiger partial charge in [-0.3, -0.25) is 0 Å². The first-order valence-electron chi connectivity index (χ1n) is 8.09. The molecule has 0 radical (unpaired) electrons. The van der Waals surface area contributed by atoms with Crippen molar-refractivity contribution in [3.05, 3.63) is 102 Å². The summed E-state index contributed by atoms with van der Waals surface area (Å²) in [6.07, 6.45) is 1.16. The van der Waals surface area contributed by atoms with Gasteiger partial charge in [0.25, 0.3) is 0 Å². The van der Waals surface area contributed by atoms with Crippen LogP contribution in [0.3, 0.4) is 0 Å². The van der Waals surface area contributed by atoms with E-state index in [0.717, 1.165) is 12.2 Å². The van der Waals surface area contributed by atoms with Crippen LogP contribution in [0.2, 0.25) is 0 Å². The minimum atomic E-state index is 0.108. The first-order chi connectivity index (χ1) is 11.3. The summed E-state index contributed by atoms with van der Waals surface area (Å²) in [4.78, 5) is 0. The average molecular weight is 300 g/mol. The summed E-state index contributed by atoms with van der Waals surface area (Å²) < 4.78 is 5.29. The minimum Gasteiger partial charge on any atom is -0.497 e. The third-order valence-corrected chi connectivity index (χ3v) is 5.06. The second kappa shape index (κ2) is 5.58. The zero-order chi connectivity index (χ0) is 15.7. The van der Waals surface area contributed by atoms with Crippen LogP contribution in [-0.4, -0.2) is 7.11 Å². The Morgan fingerprint density at radius 2 is 1.26 bits per heavy atom. The highest BCUT2D eigenvalue weighted by molar-refractivity contribution is 5.53. The Labute approximate surface area is 137 Å². The van der Waals surface area contributed by atoms with Crippen molar-refractivity contribution in [2.24, 2.45) is 0 Å². The van der Waals surface area contributed by atoms with E-state index in [-0.39, 0.29) is 5.41 Å². The summed E-state index contributed by atoms with van der Waals surface area (Å²) >= 11 is 0. The molecular weight excluding hydrogens is 280 g/mol. The maximum atomic E-state index is 5.29. The zero-order valence-corrected chi connectivity index (χ0v) is 13.3. The van der Waals surface area contributed by atoms with E-state index in [9.17, 15) is 0 Å². The third-order valence-electron chi connectivity index (χ3n) is 5.06.